The molecular formula is C15H27NO3. The van der Waals surface area contributed by atoms with Crippen LogP contribution in [0.4, 0.5) is 0 Å². The zero-order valence-electron chi connectivity index (χ0n) is 12.2. The average molecular weight is 269 g/mol. The predicted octanol–water partition coefficient (Wildman–Crippen LogP) is 2.96. The summed E-state index contributed by atoms with van der Waals surface area (Å²) >= 11 is 0. The van der Waals surface area contributed by atoms with E-state index in [4.69, 9.17) is 0 Å². The molecule has 0 radical (unpaired) electrons. The maximum atomic E-state index is 12.0. The minimum Gasteiger partial charge on any atom is -0.481 e. The third-order valence-corrected chi connectivity index (χ3v) is 4.31. The average Bonchev–Trinajstić information content (AvgIpc) is 2.61. The molecule has 1 aliphatic rings. The number of hydrogen-bond donors (Lipinski definition) is 2. The molecular weight excluding hydrogens is 242 g/mol. The second-order valence-electron chi connectivity index (χ2n) is 5.64. The lowest BCUT2D eigenvalue weighted by atomic mass is 9.93. The standard InChI is InChI=1S/C15H27NO3/c1-3-11(4-2)10-14(17)16-13-9-7-5-6-8-12(13)15(18)19/h11-13H,3-10H2,1-2H3,(H,16,17)(H,18,19)/t12-,13+/m1/s1. The third-order valence-electron chi connectivity index (χ3n) is 4.31. The molecule has 0 bridgehead atoms. The van der Waals surface area contributed by atoms with Gasteiger partial charge in [0.1, 0.15) is 0 Å². The van der Waals surface area contributed by atoms with Crippen LogP contribution < -0.4 is 5.32 Å². The molecule has 1 saturated carbocycles. The van der Waals surface area contributed by atoms with Gasteiger partial charge in [-0.25, -0.2) is 0 Å². The van der Waals surface area contributed by atoms with E-state index in [0.29, 0.717) is 18.8 Å². The molecule has 0 saturated heterocycles. The molecule has 0 spiro atoms. The van der Waals surface area contributed by atoms with Gasteiger partial charge in [0, 0.05) is 12.5 Å². The summed E-state index contributed by atoms with van der Waals surface area (Å²) in [5.74, 6) is -0.746. The van der Waals surface area contributed by atoms with Crippen molar-refractivity contribution in [2.45, 2.75) is 71.3 Å². The SMILES string of the molecule is CCC(CC)CC(=O)N[C@H]1CCCCC[C@H]1C(=O)O. The van der Waals surface area contributed by atoms with Crippen LogP contribution in [-0.2, 0) is 9.59 Å². The third kappa shape index (κ3) is 5.21. The first-order chi connectivity index (χ1) is 9.08. The van der Waals surface area contributed by atoms with Gasteiger partial charge < -0.3 is 10.4 Å². The number of carboxylic acids is 1. The zero-order valence-corrected chi connectivity index (χ0v) is 12.2. The lowest BCUT2D eigenvalue weighted by Gasteiger charge is -2.24. The van der Waals surface area contributed by atoms with E-state index in [0.717, 1.165) is 38.5 Å². The molecule has 0 aliphatic heterocycles. The molecule has 0 heterocycles. The highest BCUT2D eigenvalue weighted by Crippen LogP contribution is 2.24. The summed E-state index contributed by atoms with van der Waals surface area (Å²) in [6.07, 6.45) is 7.04. The van der Waals surface area contributed by atoms with Crippen molar-refractivity contribution in [1.29, 1.82) is 0 Å². The van der Waals surface area contributed by atoms with Crippen LogP contribution in [0.1, 0.15) is 65.2 Å². The van der Waals surface area contributed by atoms with E-state index in [1.807, 2.05) is 0 Å². The first-order valence-electron chi connectivity index (χ1n) is 7.60. The van der Waals surface area contributed by atoms with E-state index in [1.165, 1.54) is 0 Å². The molecule has 110 valence electrons. The Morgan fingerprint density at radius 3 is 2.37 bits per heavy atom. The maximum absolute atomic E-state index is 12.0. The highest BCUT2D eigenvalue weighted by molar-refractivity contribution is 5.78. The van der Waals surface area contributed by atoms with Crippen molar-refractivity contribution >= 4 is 11.9 Å². The second-order valence-corrected chi connectivity index (χ2v) is 5.64. The van der Waals surface area contributed by atoms with Crippen molar-refractivity contribution in [1.82, 2.24) is 5.32 Å². The Morgan fingerprint density at radius 2 is 1.79 bits per heavy atom. The largest absolute Gasteiger partial charge is 0.481 e. The van der Waals surface area contributed by atoms with Gasteiger partial charge in [0.2, 0.25) is 5.91 Å². The van der Waals surface area contributed by atoms with Gasteiger partial charge in [-0.2, -0.15) is 0 Å². The summed E-state index contributed by atoms with van der Waals surface area (Å²) in [4.78, 5) is 23.3. The fraction of sp³-hybridized carbons (Fsp3) is 0.867. The van der Waals surface area contributed by atoms with Crippen LogP contribution in [0.15, 0.2) is 0 Å². The van der Waals surface area contributed by atoms with E-state index in [2.05, 4.69) is 19.2 Å². The fourth-order valence-corrected chi connectivity index (χ4v) is 2.88. The molecule has 0 unspecified atom stereocenters. The molecule has 0 aromatic carbocycles. The molecule has 2 N–H and O–H groups in total. The Labute approximate surface area is 116 Å². The van der Waals surface area contributed by atoms with Crippen LogP contribution >= 0.6 is 0 Å². The summed E-state index contributed by atoms with van der Waals surface area (Å²) in [5, 5.41) is 12.2. The number of nitrogens with one attached hydrogen (secondary N) is 1. The van der Waals surface area contributed by atoms with E-state index in [-0.39, 0.29) is 11.9 Å². The first kappa shape index (κ1) is 16.0. The maximum Gasteiger partial charge on any atom is 0.308 e. The van der Waals surface area contributed by atoms with Crippen LogP contribution in [0.25, 0.3) is 0 Å². The monoisotopic (exact) mass is 269 g/mol. The molecule has 1 rings (SSSR count). The zero-order chi connectivity index (χ0) is 14.3. The molecule has 0 aromatic rings. The molecule has 1 fully saturated rings. The van der Waals surface area contributed by atoms with Gasteiger partial charge in [0.15, 0.2) is 0 Å². The fourth-order valence-electron chi connectivity index (χ4n) is 2.88. The Morgan fingerprint density at radius 1 is 1.16 bits per heavy atom. The smallest absolute Gasteiger partial charge is 0.308 e. The lowest BCUT2D eigenvalue weighted by Crippen LogP contribution is -2.43. The van der Waals surface area contributed by atoms with Gasteiger partial charge in [-0.1, -0.05) is 46.0 Å². The highest BCUT2D eigenvalue weighted by atomic mass is 16.4. The van der Waals surface area contributed by atoms with Crippen molar-refractivity contribution < 1.29 is 14.7 Å². The molecule has 4 nitrogen and oxygen atoms in total. The summed E-state index contributed by atoms with van der Waals surface area (Å²) in [7, 11) is 0. The number of amides is 1. The van der Waals surface area contributed by atoms with Gasteiger partial charge in [-0.05, 0) is 18.8 Å². The van der Waals surface area contributed by atoms with Gasteiger partial charge in [-0.15, -0.1) is 0 Å². The Balaban J connectivity index is 2.55. The summed E-state index contributed by atoms with van der Waals surface area (Å²) in [6.45, 7) is 4.18. The van der Waals surface area contributed by atoms with Crippen molar-refractivity contribution in [2.75, 3.05) is 0 Å². The molecule has 19 heavy (non-hydrogen) atoms. The minimum absolute atomic E-state index is 0.0202. The van der Waals surface area contributed by atoms with Gasteiger partial charge in [0.05, 0.1) is 5.92 Å². The minimum atomic E-state index is -0.769. The van der Waals surface area contributed by atoms with E-state index in [1.54, 1.807) is 0 Å². The number of carbonyl (C=O) groups is 2. The molecule has 4 heteroatoms. The molecule has 2 atom stereocenters. The Bertz CT molecular complexity index is 300. The first-order valence-corrected chi connectivity index (χ1v) is 7.60. The summed E-state index contributed by atoms with van der Waals surface area (Å²) in [5.41, 5.74) is 0. The Hall–Kier alpha value is -1.06. The topological polar surface area (TPSA) is 66.4 Å². The Kier molecular flexibility index (Phi) is 6.89. The lowest BCUT2D eigenvalue weighted by molar-refractivity contribution is -0.143. The molecule has 1 amide bonds. The summed E-state index contributed by atoms with van der Waals surface area (Å²) < 4.78 is 0. The number of rotatable bonds is 6. The van der Waals surface area contributed by atoms with Gasteiger partial charge >= 0.3 is 5.97 Å². The predicted molar refractivity (Wildman–Crippen MR) is 74.8 cm³/mol. The van der Waals surface area contributed by atoms with Crippen LogP contribution in [0.2, 0.25) is 0 Å². The number of hydrogen-bond acceptors (Lipinski definition) is 2. The second kappa shape index (κ2) is 8.18. The van der Waals surface area contributed by atoms with Crippen molar-refractivity contribution in [2.24, 2.45) is 11.8 Å². The van der Waals surface area contributed by atoms with Gasteiger partial charge in [0.25, 0.3) is 0 Å². The molecule has 1 aliphatic carbocycles. The summed E-state index contributed by atoms with van der Waals surface area (Å²) in [6, 6.07) is -0.179. The highest BCUT2D eigenvalue weighted by Gasteiger charge is 2.30. The quantitative estimate of drug-likeness (QED) is 0.728. The number of aliphatic carboxylic acids is 1. The number of carbonyl (C=O) groups excluding carboxylic acids is 1. The normalized spacial score (nSPS) is 23.9. The van der Waals surface area contributed by atoms with Crippen LogP contribution in [0, 0.1) is 11.8 Å². The van der Waals surface area contributed by atoms with Crippen LogP contribution in [0.3, 0.4) is 0 Å². The van der Waals surface area contributed by atoms with Crippen LogP contribution in [-0.4, -0.2) is 23.0 Å². The van der Waals surface area contributed by atoms with Crippen LogP contribution in [0.5, 0.6) is 0 Å². The van der Waals surface area contributed by atoms with Crippen molar-refractivity contribution in [3.05, 3.63) is 0 Å². The van der Waals surface area contributed by atoms with Crippen molar-refractivity contribution in [3.8, 4) is 0 Å². The number of carboxylic acid groups (broad SMARTS) is 1. The van der Waals surface area contributed by atoms with E-state index in [9.17, 15) is 14.7 Å². The van der Waals surface area contributed by atoms with E-state index < -0.39 is 11.9 Å². The van der Waals surface area contributed by atoms with Crippen molar-refractivity contribution in [3.63, 3.8) is 0 Å². The van der Waals surface area contributed by atoms with E-state index >= 15 is 0 Å². The molecule has 0 aromatic heterocycles. The van der Waals surface area contributed by atoms with Gasteiger partial charge in [-0.3, -0.25) is 9.59 Å².